The number of allylic oxidation sites excluding steroid dienone is 4. The first kappa shape index (κ1) is 89.8. The van der Waals surface area contributed by atoms with Gasteiger partial charge in [0.1, 0.15) is 13.2 Å². The summed E-state index contributed by atoms with van der Waals surface area (Å²) >= 11 is 0. The maximum Gasteiger partial charge on any atom is 0.361 e. The van der Waals surface area contributed by atoms with Gasteiger partial charge < -0.3 is 28.5 Å². The molecular weight excluding hydrogens is 1140 g/mol. The van der Waals surface area contributed by atoms with Crippen LogP contribution in [0, 0.1) is 0 Å². The van der Waals surface area contributed by atoms with Gasteiger partial charge in [0, 0.05) is 12.8 Å². The molecule has 0 amide bonds. The number of ether oxygens (including phenoxy) is 4. The fourth-order valence-corrected chi connectivity index (χ4v) is 12.7. The number of esters is 2. The highest BCUT2D eigenvalue weighted by Gasteiger charge is 2.25. The second kappa shape index (κ2) is 74.6. The number of carbonyl (C=O) groups excluding carboxylic acids is 2. The Kier molecular flexibility index (Phi) is 72.8. The van der Waals surface area contributed by atoms with Crippen LogP contribution >= 0.6 is 0 Å². The summed E-state index contributed by atoms with van der Waals surface area (Å²) in [6.07, 6.45) is 92.1. The van der Waals surface area contributed by atoms with Gasteiger partial charge in [0.25, 0.3) is 6.29 Å². The third-order valence-electron chi connectivity index (χ3n) is 19.0. The van der Waals surface area contributed by atoms with E-state index < -0.39 is 18.4 Å². The fraction of sp³-hybridized carbons (Fsp3) is 0.916. The molecule has 9 heteroatoms. The van der Waals surface area contributed by atoms with Gasteiger partial charge in [-0.05, 0) is 44.9 Å². The van der Waals surface area contributed by atoms with Gasteiger partial charge in [-0.2, -0.15) is 0 Å². The summed E-state index contributed by atoms with van der Waals surface area (Å²) in [6.45, 7) is 4.96. The number of unbranched alkanes of at least 4 members (excludes halogenated alkanes) is 59. The van der Waals surface area contributed by atoms with Gasteiger partial charge >= 0.3 is 17.9 Å². The highest BCUT2D eigenvalue weighted by atomic mass is 16.7. The summed E-state index contributed by atoms with van der Waals surface area (Å²) in [4.78, 5) is 37.7. The third kappa shape index (κ3) is 75.2. The molecule has 9 nitrogen and oxygen atoms in total. The van der Waals surface area contributed by atoms with Crippen LogP contribution in [0.25, 0.3) is 0 Å². The normalized spacial score (nSPS) is 12.7. The Hall–Kier alpha value is -2.23. The van der Waals surface area contributed by atoms with Crippen LogP contribution in [0.2, 0.25) is 0 Å². The van der Waals surface area contributed by atoms with Gasteiger partial charge in [0.15, 0.2) is 6.10 Å². The van der Waals surface area contributed by atoms with Crippen LogP contribution in [-0.4, -0.2) is 87.4 Å². The molecule has 0 aromatic rings. The van der Waals surface area contributed by atoms with E-state index in [1.807, 2.05) is 21.1 Å². The van der Waals surface area contributed by atoms with E-state index >= 15 is 0 Å². The number of aliphatic carboxylic acids is 1. The first-order valence-corrected chi connectivity index (χ1v) is 41.0. The summed E-state index contributed by atoms with van der Waals surface area (Å²) in [6, 6.07) is 0. The first-order chi connectivity index (χ1) is 45.1. The number of nitrogens with zero attached hydrogens (tertiary/aromatic N) is 1. The molecule has 0 fully saturated rings. The van der Waals surface area contributed by atoms with Crippen molar-refractivity contribution in [2.75, 3.05) is 47.5 Å². The van der Waals surface area contributed by atoms with Gasteiger partial charge in [-0.15, -0.1) is 0 Å². The summed E-state index contributed by atoms with van der Waals surface area (Å²) in [5, 5.41) is 9.77. The maximum absolute atomic E-state index is 13.0. The molecule has 0 spiro atoms. The lowest BCUT2D eigenvalue weighted by Gasteiger charge is -2.25. The van der Waals surface area contributed by atoms with E-state index in [1.165, 1.54) is 360 Å². The van der Waals surface area contributed by atoms with Crippen LogP contribution in [0.15, 0.2) is 24.3 Å². The van der Waals surface area contributed by atoms with Crippen molar-refractivity contribution in [3.8, 4) is 0 Å². The standard InChI is InChI=1S/C83H159NO8/c1-6-8-10-12-14-16-18-20-22-24-26-28-30-32-34-36-37-38-39-40-41-42-43-44-45-46-48-50-52-54-56-58-60-62-64-66-68-70-72-74-81(86)92-79(78-91-83(82(87)88)89-76-75-84(3,4)5)77-90-80(85)73-71-69-67-65-63-61-59-57-55-53-51-49-47-35-33-31-29-27-25-23-21-19-17-15-13-11-9-7-2/h18,20,24,26,79,83H,6-17,19,21-23,25,27-78H2,1-5H3/p+1/b20-18-,26-24-. The van der Waals surface area contributed by atoms with E-state index in [0.29, 0.717) is 17.4 Å². The second-order valence-electron chi connectivity index (χ2n) is 29.4. The average molecular weight is 1300 g/mol. The predicted octanol–water partition coefficient (Wildman–Crippen LogP) is 26.1. The number of hydrogen-bond donors (Lipinski definition) is 1. The molecule has 0 aromatic heterocycles. The van der Waals surface area contributed by atoms with Crippen molar-refractivity contribution in [3.63, 3.8) is 0 Å². The van der Waals surface area contributed by atoms with E-state index in [-0.39, 0.29) is 38.2 Å². The summed E-state index contributed by atoms with van der Waals surface area (Å²) in [5.41, 5.74) is 0. The zero-order valence-electron chi connectivity index (χ0n) is 62.5. The van der Waals surface area contributed by atoms with E-state index in [0.717, 1.165) is 44.9 Å². The third-order valence-corrected chi connectivity index (χ3v) is 19.0. The van der Waals surface area contributed by atoms with Gasteiger partial charge in [0.05, 0.1) is 34.4 Å². The molecule has 0 saturated heterocycles. The molecule has 2 unspecified atom stereocenters. The van der Waals surface area contributed by atoms with Crippen molar-refractivity contribution < 1.29 is 42.9 Å². The Balaban J connectivity index is 3.93. The summed E-state index contributed by atoms with van der Waals surface area (Å²) in [5.74, 6) is -1.96. The molecule has 0 aliphatic heterocycles. The molecule has 544 valence electrons. The minimum Gasteiger partial charge on any atom is -0.477 e. The molecule has 0 heterocycles. The number of likely N-dealkylation sites (N-methyl/N-ethyl adjacent to an activating group) is 1. The lowest BCUT2D eigenvalue weighted by Crippen LogP contribution is -2.40. The summed E-state index contributed by atoms with van der Waals surface area (Å²) in [7, 11) is 6.00. The number of carbonyl (C=O) groups is 3. The Bertz CT molecular complexity index is 1560. The monoisotopic (exact) mass is 1300 g/mol. The zero-order chi connectivity index (χ0) is 66.8. The molecule has 0 saturated carbocycles. The molecule has 92 heavy (non-hydrogen) atoms. The van der Waals surface area contributed by atoms with Crippen LogP contribution in [0.3, 0.4) is 0 Å². The molecule has 0 aliphatic rings. The van der Waals surface area contributed by atoms with Gasteiger partial charge in [-0.1, -0.05) is 398 Å². The zero-order valence-corrected chi connectivity index (χ0v) is 62.5. The summed E-state index contributed by atoms with van der Waals surface area (Å²) < 4.78 is 23.1. The SMILES string of the molecule is CCCCCCC/C=C\C/C=C\CCCCCCCCCCCCCCCCCCCCCCCCCCCCCC(=O)OC(COC(=O)CCCCCCCCCCCCCCCCCCCCCCCCCCCCCC)COC(OCC[N+](C)(C)C)C(=O)O. The number of quaternary nitrogens is 1. The lowest BCUT2D eigenvalue weighted by atomic mass is 10.0. The Labute approximate surface area is 573 Å². The number of carboxylic acids is 1. The van der Waals surface area contributed by atoms with Crippen molar-refractivity contribution >= 4 is 17.9 Å². The quantitative estimate of drug-likeness (QED) is 0.0211. The number of hydrogen-bond acceptors (Lipinski definition) is 7. The van der Waals surface area contributed by atoms with Crippen molar-refractivity contribution in [2.24, 2.45) is 0 Å². The van der Waals surface area contributed by atoms with E-state index in [2.05, 4.69) is 38.2 Å². The Morgan fingerprint density at radius 2 is 0.587 bits per heavy atom. The van der Waals surface area contributed by atoms with Crippen molar-refractivity contribution in [3.05, 3.63) is 24.3 Å². The molecule has 0 bridgehead atoms. The molecule has 2 atom stereocenters. The maximum atomic E-state index is 13.0. The molecular formula is C83H160NO8+. The minimum atomic E-state index is -1.51. The van der Waals surface area contributed by atoms with Crippen LogP contribution < -0.4 is 0 Å². The van der Waals surface area contributed by atoms with E-state index in [4.69, 9.17) is 18.9 Å². The average Bonchev–Trinajstić information content (AvgIpc) is 3.75. The van der Waals surface area contributed by atoms with Gasteiger partial charge in [-0.3, -0.25) is 9.59 Å². The molecule has 0 rings (SSSR count). The molecule has 1 N–H and O–H groups in total. The first-order valence-electron chi connectivity index (χ1n) is 41.0. The van der Waals surface area contributed by atoms with Crippen molar-refractivity contribution in [2.45, 2.75) is 444 Å². The molecule has 0 radical (unpaired) electrons. The fourth-order valence-electron chi connectivity index (χ4n) is 12.7. The highest BCUT2D eigenvalue weighted by molar-refractivity contribution is 5.71. The Morgan fingerprint density at radius 1 is 0.326 bits per heavy atom. The lowest BCUT2D eigenvalue weighted by molar-refractivity contribution is -0.870. The van der Waals surface area contributed by atoms with Crippen LogP contribution in [0.1, 0.15) is 431 Å². The number of carboxylic acid groups (broad SMARTS) is 1. The van der Waals surface area contributed by atoms with Crippen molar-refractivity contribution in [1.29, 1.82) is 0 Å². The Morgan fingerprint density at radius 3 is 0.859 bits per heavy atom. The molecule has 0 aromatic carbocycles. The van der Waals surface area contributed by atoms with Crippen molar-refractivity contribution in [1.82, 2.24) is 0 Å². The minimum absolute atomic E-state index is 0.173. The topological polar surface area (TPSA) is 108 Å². The van der Waals surface area contributed by atoms with Gasteiger partial charge in [-0.25, -0.2) is 4.79 Å². The highest BCUT2D eigenvalue weighted by Crippen LogP contribution is 2.20. The number of rotatable bonds is 78. The van der Waals surface area contributed by atoms with Crippen LogP contribution in [0.4, 0.5) is 0 Å². The van der Waals surface area contributed by atoms with E-state index in [1.54, 1.807) is 0 Å². The van der Waals surface area contributed by atoms with Gasteiger partial charge in [0.2, 0.25) is 0 Å². The second-order valence-corrected chi connectivity index (χ2v) is 29.4. The van der Waals surface area contributed by atoms with Crippen LogP contribution in [-0.2, 0) is 33.3 Å². The predicted molar refractivity (Wildman–Crippen MR) is 397 cm³/mol. The molecule has 0 aliphatic carbocycles. The largest absolute Gasteiger partial charge is 0.477 e. The smallest absolute Gasteiger partial charge is 0.361 e. The van der Waals surface area contributed by atoms with Crippen LogP contribution in [0.5, 0.6) is 0 Å². The van der Waals surface area contributed by atoms with E-state index in [9.17, 15) is 19.5 Å².